The molecular weight excluding hydrogens is 587 g/mol. The van der Waals surface area contributed by atoms with Gasteiger partial charge in [0.05, 0.1) is 0 Å². The Bertz CT molecular complexity index is 1380. The summed E-state index contributed by atoms with van der Waals surface area (Å²) < 4.78 is 4.99. The van der Waals surface area contributed by atoms with Crippen LogP contribution in [0.4, 0.5) is 11.4 Å². The molecule has 2 aliphatic carbocycles. The van der Waals surface area contributed by atoms with Crippen LogP contribution in [0.2, 0.25) is 0 Å². The van der Waals surface area contributed by atoms with Crippen LogP contribution in [0, 0.1) is 0 Å². The summed E-state index contributed by atoms with van der Waals surface area (Å²) in [5.41, 5.74) is 11.3. The Kier molecular flexibility index (Phi) is 8.44. The van der Waals surface area contributed by atoms with E-state index in [9.17, 15) is 0 Å². The van der Waals surface area contributed by atoms with E-state index >= 15 is 0 Å². The van der Waals surface area contributed by atoms with Gasteiger partial charge < -0.3 is 24.8 Å². The van der Waals surface area contributed by atoms with Gasteiger partial charge in [0.2, 0.25) is 0 Å². The van der Waals surface area contributed by atoms with Crippen molar-refractivity contribution in [2.75, 3.05) is 9.80 Å². The van der Waals surface area contributed by atoms with Crippen molar-refractivity contribution < 1.29 is 46.1 Å². The third-order valence-electron chi connectivity index (χ3n) is 7.80. The molecule has 2 aromatic carbocycles. The van der Waals surface area contributed by atoms with Gasteiger partial charge in [-0.2, -0.15) is 0 Å². The van der Waals surface area contributed by atoms with E-state index in [0.717, 1.165) is 0 Å². The van der Waals surface area contributed by atoms with E-state index in [2.05, 4.69) is 136 Å². The monoisotopic (exact) mass is 618 g/mol. The van der Waals surface area contributed by atoms with Crippen LogP contribution in [0.15, 0.2) is 125 Å². The van der Waals surface area contributed by atoms with Crippen molar-refractivity contribution in [1.29, 1.82) is 0 Å². The van der Waals surface area contributed by atoms with Crippen molar-refractivity contribution in [3.63, 3.8) is 0 Å². The zero-order valence-electron chi connectivity index (χ0n) is 22.9. The van der Waals surface area contributed by atoms with Crippen molar-refractivity contribution in [2.24, 2.45) is 0 Å². The molecule has 2 nitrogen and oxygen atoms in total. The van der Waals surface area contributed by atoms with Crippen LogP contribution in [0.3, 0.4) is 0 Å². The van der Waals surface area contributed by atoms with Crippen molar-refractivity contribution in [1.82, 2.24) is 0 Å². The van der Waals surface area contributed by atoms with Crippen LogP contribution in [-0.2, 0) is 21.3 Å². The Hall–Kier alpha value is -2.19. The molecule has 5 heteroatoms. The van der Waals surface area contributed by atoms with E-state index in [0.29, 0.717) is 12.1 Å². The summed E-state index contributed by atoms with van der Waals surface area (Å²) in [6.45, 7) is 14.1. The van der Waals surface area contributed by atoms with Gasteiger partial charge in [0.15, 0.2) is 0 Å². The van der Waals surface area contributed by atoms with E-state index in [-0.39, 0.29) is 24.8 Å². The molecule has 2 aliphatic heterocycles. The molecule has 194 valence electrons. The third-order valence-corrected chi connectivity index (χ3v) is 16.0. The Labute approximate surface area is 247 Å². The van der Waals surface area contributed by atoms with Gasteiger partial charge in [-0.25, -0.2) is 0 Å². The number of anilines is 2. The largest absolute Gasteiger partial charge is 1.00 e. The summed E-state index contributed by atoms with van der Waals surface area (Å²) in [6.07, 6.45) is 9.97. The fourth-order valence-corrected chi connectivity index (χ4v) is 14.1. The summed E-state index contributed by atoms with van der Waals surface area (Å²) in [4.78, 5) is 5.04. The Morgan fingerprint density at radius 2 is 1.00 bits per heavy atom. The predicted molar refractivity (Wildman–Crippen MR) is 151 cm³/mol. The van der Waals surface area contributed by atoms with Crippen molar-refractivity contribution in [3.05, 3.63) is 125 Å². The van der Waals surface area contributed by atoms with Crippen molar-refractivity contribution in [3.8, 4) is 0 Å². The average Bonchev–Trinajstić information content (AvgIpc) is 3.53. The standard InChI is InChI=1S/2C15H14N.C3H6.2ClH.Zr/c2*1-11-8-13-10-12(2)16(15(13)9-11)14-6-4-3-5-7-14;1-3-2;;;/h2*3-7,9-10,12H,1-2H3;1-2H3;2*1H;/q;;;;;+2/p-2. The molecule has 0 N–H and O–H groups in total. The Morgan fingerprint density at radius 1 is 0.632 bits per heavy atom. The first-order chi connectivity index (χ1) is 17.4. The van der Waals surface area contributed by atoms with E-state index in [1.54, 1.807) is 9.77 Å². The number of hydrogen-bond acceptors (Lipinski definition) is 2. The molecule has 6 rings (SSSR count). The van der Waals surface area contributed by atoms with Gasteiger partial charge in [0, 0.05) is 0 Å². The first-order valence-electron chi connectivity index (χ1n) is 13.0. The maximum absolute atomic E-state index is 2.52. The van der Waals surface area contributed by atoms with Gasteiger partial charge >= 0.3 is 224 Å². The van der Waals surface area contributed by atoms with Crippen LogP contribution in [0.25, 0.3) is 0 Å². The number of allylic oxidation sites excluding steroid dienone is 6. The van der Waals surface area contributed by atoms with Gasteiger partial charge in [-0.3, -0.25) is 0 Å². The molecule has 0 amide bonds. The second-order valence-electron chi connectivity index (χ2n) is 10.6. The van der Waals surface area contributed by atoms with Crippen molar-refractivity contribution >= 4 is 14.6 Å². The van der Waals surface area contributed by atoms with Crippen LogP contribution in [0.1, 0.15) is 41.5 Å². The maximum Gasteiger partial charge on any atom is -1.00 e. The molecule has 0 saturated carbocycles. The zero-order valence-corrected chi connectivity index (χ0v) is 26.9. The molecule has 0 bridgehead atoms. The van der Waals surface area contributed by atoms with Gasteiger partial charge in [0.1, 0.15) is 0 Å². The van der Waals surface area contributed by atoms with Gasteiger partial charge in [-0.1, -0.05) is 0 Å². The molecule has 0 fully saturated rings. The molecule has 38 heavy (non-hydrogen) atoms. The molecule has 4 aliphatic rings. The maximum atomic E-state index is 2.52. The van der Waals surface area contributed by atoms with Crippen molar-refractivity contribution in [2.45, 2.75) is 53.6 Å². The number of hydrogen-bond donors (Lipinski definition) is 0. The molecule has 0 radical (unpaired) electrons. The summed E-state index contributed by atoms with van der Waals surface area (Å²) in [5, 5.41) is 0. The van der Waals surface area contributed by atoms with Gasteiger partial charge in [-0.05, 0) is 0 Å². The molecule has 0 spiro atoms. The van der Waals surface area contributed by atoms with Crippen LogP contribution >= 0.6 is 0 Å². The fourth-order valence-electron chi connectivity index (χ4n) is 6.41. The normalized spacial score (nSPS) is 21.1. The first kappa shape index (κ1) is 28.8. The fraction of sp³-hybridized carbons (Fsp3) is 0.242. The third kappa shape index (κ3) is 4.51. The number of halogens is 2. The molecule has 0 saturated heterocycles. The number of benzene rings is 2. The number of para-hydroxylation sites is 2. The van der Waals surface area contributed by atoms with Gasteiger partial charge in [-0.15, -0.1) is 0 Å². The number of fused-ring (bicyclic) bond motifs is 2. The molecule has 0 aromatic heterocycles. The smallest absolute Gasteiger partial charge is 1.00 e. The second kappa shape index (κ2) is 11.1. The SMILES string of the molecule is CC1=[C]([Zr+2]([C]2=C(C)C=C3C2=CC(C)N3c2ccccc2)=[C](C)C)C2=CC(C)N(c3ccccc3)C2=C1.[Cl-].[Cl-]. The predicted octanol–water partition coefficient (Wildman–Crippen LogP) is 1.84. The van der Waals surface area contributed by atoms with Crippen LogP contribution in [-0.4, -0.2) is 15.3 Å². The van der Waals surface area contributed by atoms with E-state index < -0.39 is 21.3 Å². The summed E-state index contributed by atoms with van der Waals surface area (Å²) in [5.74, 6) is 0. The quantitative estimate of drug-likeness (QED) is 0.515. The summed E-state index contributed by atoms with van der Waals surface area (Å²) in [6, 6.07) is 22.5. The minimum atomic E-state index is -2.37. The van der Waals surface area contributed by atoms with Crippen LogP contribution in [0.5, 0.6) is 0 Å². The molecular formula is C33H34Cl2N2Zr. The van der Waals surface area contributed by atoms with Gasteiger partial charge in [0.25, 0.3) is 0 Å². The minimum Gasteiger partial charge on any atom is -1.00 e. The van der Waals surface area contributed by atoms with Crippen LogP contribution < -0.4 is 34.6 Å². The number of nitrogens with zero attached hydrogens (tertiary/aromatic N) is 2. The first-order valence-corrected chi connectivity index (χ1v) is 16.7. The molecule has 2 unspecified atom stereocenters. The summed E-state index contributed by atoms with van der Waals surface area (Å²) in [7, 11) is 0. The second-order valence-corrected chi connectivity index (χ2v) is 17.4. The minimum absolute atomic E-state index is 0. The Morgan fingerprint density at radius 3 is 1.34 bits per heavy atom. The van der Waals surface area contributed by atoms with E-state index in [1.165, 1.54) is 45.1 Å². The average molecular weight is 621 g/mol. The topological polar surface area (TPSA) is 6.48 Å². The number of rotatable bonds is 4. The molecule has 2 heterocycles. The Balaban J connectivity index is 0.00000168. The molecule has 2 aromatic rings. The zero-order chi connectivity index (χ0) is 25.1. The summed E-state index contributed by atoms with van der Waals surface area (Å²) >= 11 is -2.37. The van der Waals surface area contributed by atoms with E-state index in [1.807, 2.05) is 0 Å². The van der Waals surface area contributed by atoms with E-state index in [4.69, 9.17) is 0 Å². The molecule has 2 atom stereocenters.